The molecule has 0 aromatic carbocycles. The Labute approximate surface area is 83.0 Å². The van der Waals surface area contributed by atoms with Crippen molar-refractivity contribution >= 4 is 22.9 Å². The van der Waals surface area contributed by atoms with Crippen molar-refractivity contribution in [2.45, 2.75) is 19.3 Å². The van der Waals surface area contributed by atoms with Gasteiger partial charge >= 0.3 is 0 Å². The molecule has 0 atom stereocenters. The predicted octanol–water partition coefficient (Wildman–Crippen LogP) is 0.726. The molecule has 0 saturated heterocycles. The Morgan fingerprint density at radius 3 is 2.00 bits per heavy atom. The summed E-state index contributed by atoms with van der Waals surface area (Å²) >= 11 is 2.34. The van der Waals surface area contributed by atoms with Crippen LogP contribution < -0.4 is 11.5 Å². The molecule has 0 aliphatic heterocycles. The standard InChI is InChI=1S/C7H18IN3/c8-11(7-3-5-10)6-2-1-4-9/h1-7,9-10H2. The molecule has 4 heteroatoms. The van der Waals surface area contributed by atoms with Crippen molar-refractivity contribution in [3.63, 3.8) is 0 Å². The molecule has 0 aromatic rings. The van der Waals surface area contributed by atoms with Crippen molar-refractivity contribution < 1.29 is 0 Å². The quantitative estimate of drug-likeness (QED) is 0.407. The minimum Gasteiger partial charge on any atom is -0.330 e. The first-order valence-electron chi connectivity index (χ1n) is 4.12. The zero-order chi connectivity index (χ0) is 8.53. The molecule has 4 N–H and O–H groups in total. The lowest BCUT2D eigenvalue weighted by atomic mass is 10.3. The molecular weight excluding hydrogens is 253 g/mol. The van der Waals surface area contributed by atoms with E-state index >= 15 is 0 Å². The van der Waals surface area contributed by atoms with Gasteiger partial charge in [0.25, 0.3) is 0 Å². The molecule has 0 rings (SSSR count). The number of nitrogens with two attached hydrogens (primary N) is 2. The van der Waals surface area contributed by atoms with Crippen molar-refractivity contribution in [1.29, 1.82) is 0 Å². The van der Waals surface area contributed by atoms with Gasteiger partial charge in [-0.15, -0.1) is 0 Å². The van der Waals surface area contributed by atoms with E-state index in [9.17, 15) is 0 Å². The molecule has 68 valence electrons. The molecule has 11 heavy (non-hydrogen) atoms. The highest BCUT2D eigenvalue weighted by Gasteiger charge is 1.97. The molecule has 0 aliphatic rings. The number of hydrogen-bond donors (Lipinski definition) is 2. The Morgan fingerprint density at radius 1 is 0.909 bits per heavy atom. The maximum absolute atomic E-state index is 5.38. The molecule has 3 nitrogen and oxygen atoms in total. The SMILES string of the molecule is NCCCCN(I)CCCN. The van der Waals surface area contributed by atoms with Gasteiger partial charge in [0, 0.05) is 36.0 Å². The summed E-state index contributed by atoms with van der Waals surface area (Å²) in [5, 5.41) is 0. The molecule has 0 aromatic heterocycles. The lowest BCUT2D eigenvalue weighted by Crippen LogP contribution is -2.17. The van der Waals surface area contributed by atoms with Gasteiger partial charge in [0.15, 0.2) is 0 Å². The molecule has 0 spiro atoms. The summed E-state index contributed by atoms with van der Waals surface area (Å²) in [6.07, 6.45) is 3.41. The first-order chi connectivity index (χ1) is 5.31. The van der Waals surface area contributed by atoms with Crippen molar-refractivity contribution in [1.82, 2.24) is 3.11 Å². The van der Waals surface area contributed by atoms with Gasteiger partial charge in [-0.3, -0.25) is 0 Å². The maximum atomic E-state index is 5.38. The normalized spacial score (nSPS) is 10.9. The largest absolute Gasteiger partial charge is 0.330 e. The van der Waals surface area contributed by atoms with Crippen LogP contribution in [0.25, 0.3) is 0 Å². The fraction of sp³-hybridized carbons (Fsp3) is 1.00. The average Bonchev–Trinajstić information content (AvgIpc) is 2.01. The molecule has 0 unspecified atom stereocenters. The molecule has 0 saturated carbocycles. The monoisotopic (exact) mass is 271 g/mol. The van der Waals surface area contributed by atoms with Crippen LogP contribution in [0.4, 0.5) is 0 Å². The molecule has 0 heterocycles. The zero-order valence-corrected chi connectivity index (χ0v) is 9.09. The van der Waals surface area contributed by atoms with Gasteiger partial charge < -0.3 is 11.5 Å². The Morgan fingerprint density at radius 2 is 1.45 bits per heavy atom. The summed E-state index contributed by atoms with van der Waals surface area (Å²) in [5.41, 5.74) is 10.8. The van der Waals surface area contributed by atoms with Crippen LogP contribution in [0.3, 0.4) is 0 Å². The number of hydrogen-bond acceptors (Lipinski definition) is 3. The topological polar surface area (TPSA) is 55.3 Å². The molecule has 0 radical (unpaired) electrons. The van der Waals surface area contributed by atoms with Crippen LogP contribution in [0.5, 0.6) is 0 Å². The third-order valence-electron chi connectivity index (χ3n) is 1.46. The molecule has 0 bridgehead atoms. The second kappa shape index (κ2) is 8.70. The second-order valence-electron chi connectivity index (χ2n) is 2.55. The summed E-state index contributed by atoms with van der Waals surface area (Å²) < 4.78 is 2.28. The Kier molecular flexibility index (Phi) is 9.19. The van der Waals surface area contributed by atoms with Crippen LogP contribution in [0, 0.1) is 0 Å². The molecule has 0 fully saturated rings. The van der Waals surface area contributed by atoms with Crippen LogP contribution >= 0.6 is 22.9 Å². The van der Waals surface area contributed by atoms with E-state index in [0.29, 0.717) is 0 Å². The lowest BCUT2D eigenvalue weighted by Gasteiger charge is -2.12. The van der Waals surface area contributed by atoms with Crippen molar-refractivity contribution in [3.8, 4) is 0 Å². The predicted molar refractivity (Wildman–Crippen MR) is 57.6 cm³/mol. The van der Waals surface area contributed by atoms with E-state index in [-0.39, 0.29) is 0 Å². The number of halogens is 1. The zero-order valence-electron chi connectivity index (χ0n) is 6.93. The fourth-order valence-electron chi connectivity index (χ4n) is 0.802. The Bertz CT molecular complexity index is 80.1. The minimum atomic E-state index is 0.788. The number of unbranched alkanes of at least 4 members (excludes halogenated alkanes) is 1. The van der Waals surface area contributed by atoms with Crippen LogP contribution in [-0.2, 0) is 0 Å². The van der Waals surface area contributed by atoms with Crippen LogP contribution in [0.1, 0.15) is 19.3 Å². The number of rotatable bonds is 7. The Hall–Kier alpha value is 0.610. The molecular formula is C7H18IN3. The van der Waals surface area contributed by atoms with Gasteiger partial charge in [-0.1, -0.05) is 0 Å². The lowest BCUT2D eigenvalue weighted by molar-refractivity contribution is 0.478. The van der Waals surface area contributed by atoms with Crippen LogP contribution in [0.2, 0.25) is 0 Å². The summed E-state index contributed by atoms with van der Waals surface area (Å²) in [5.74, 6) is 0. The van der Waals surface area contributed by atoms with Crippen LogP contribution in [0.15, 0.2) is 0 Å². The van der Waals surface area contributed by atoms with Crippen molar-refractivity contribution in [2.75, 3.05) is 26.2 Å². The van der Waals surface area contributed by atoms with E-state index in [4.69, 9.17) is 11.5 Å². The number of nitrogens with zero attached hydrogens (tertiary/aromatic N) is 1. The summed E-state index contributed by atoms with van der Waals surface area (Å²) in [6, 6.07) is 0. The highest BCUT2D eigenvalue weighted by molar-refractivity contribution is 14.1. The van der Waals surface area contributed by atoms with E-state index in [0.717, 1.165) is 39.0 Å². The average molecular weight is 271 g/mol. The smallest absolute Gasteiger partial charge is 0.0201 e. The third kappa shape index (κ3) is 8.52. The first kappa shape index (κ1) is 11.6. The Balaban J connectivity index is 3.02. The second-order valence-corrected chi connectivity index (χ2v) is 3.91. The summed E-state index contributed by atoms with van der Waals surface area (Å²) in [7, 11) is 0. The van der Waals surface area contributed by atoms with Gasteiger partial charge in [0.1, 0.15) is 0 Å². The van der Waals surface area contributed by atoms with E-state index in [1.807, 2.05) is 0 Å². The van der Waals surface area contributed by atoms with Gasteiger partial charge in [-0.2, -0.15) is 0 Å². The maximum Gasteiger partial charge on any atom is 0.0201 e. The van der Waals surface area contributed by atoms with E-state index in [1.54, 1.807) is 0 Å². The molecule has 0 aliphatic carbocycles. The van der Waals surface area contributed by atoms with Crippen molar-refractivity contribution in [2.24, 2.45) is 11.5 Å². The highest BCUT2D eigenvalue weighted by Crippen LogP contribution is 2.02. The van der Waals surface area contributed by atoms with E-state index < -0.39 is 0 Å². The summed E-state index contributed by atoms with van der Waals surface area (Å²) in [6.45, 7) is 3.83. The van der Waals surface area contributed by atoms with E-state index in [2.05, 4.69) is 26.0 Å². The van der Waals surface area contributed by atoms with Gasteiger partial charge in [-0.05, 0) is 32.4 Å². The molecule has 0 amide bonds. The van der Waals surface area contributed by atoms with Gasteiger partial charge in [0.2, 0.25) is 0 Å². The van der Waals surface area contributed by atoms with Gasteiger partial charge in [0.05, 0.1) is 0 Å². The van der Waals surface area contributed by atoms with E-state index in [1.165, 1.54) is 6.42 Å². The van der Waals surface area contributed by atoms with Gasteiger partial charge in [-0.25, -0.2) is 3.11 Å². The van der Waals surface area contributed by atoms with Crippen LogP contribution in [-0.4, -0.2) is 29.3 Å². The summed E-state index contributed by atoms with van der Waals surface area (Å²) in [4.78, 5) is 0. The third-order valence-corrected chi connectivity index (χ3v) is 2.42. The fourth-order valence-corrected chi connectivity index (χ4v) is 1.48. The minimum absolute atomic E-state index is 0.788. The first-order valence-corrected chi connectivity index (χ1v) is 5.08. The van der Waals surface area contributed by atoms with Crippen molar-refractivity contribution in [3.05, 3.63) is 0 Å². The highest BCUT2D eigenvalue weighted by atomic mass is 127.